The lowest BCUT2D eigenvalue weighted by molar-refractivity contribution is 0.0959. The SMILES string of the molecule is Cc1cc(Cl)cc(C(=O)NC(=O)N[C@@H](CC(C)C)B2OCCN(C)CCO2)c1Cl. The zero-order valence-corrected chi connectivity index (χ0v) is 18.8. The van der Waals surface area contributed by atoms with Crippen LogP contribution in [0.25, 0.3) is 0 Å². The molecule has 0 radical (unpaired) electrons. The van der Waals surface area contributed by atoms with Gasteiger partial charge in [-0.25, -0.2) is 4.79 Å². The first-order valence-corrected chi connectivity index (χ1v) is 10.4. The number of hydrogen-bond donors (Lipinski definition) is 2. The molecule has 7 nitrogen and oxygen atoms in total. The molecule has 29 heavy (non-hydrogen) atoms. The number of benzene rings is 1. The summed E-state index contributed by atoms with van der Waals surface area (Å²) < 4.78 is 11.7. The highest BCUT2D eigenvalue weighted by atomic mass is 35.5. The maximum Gasteiger partial charge on any atom is 0.481 e. The molecular weight excluding hydrogens is 416 g/mol. The summed E-state index contributed by atoms with van der Waals surface area (Å²) in [5, 5.41) is 5.76. The molecule has 0 spiro atoms. The van der Waals surface area contributed by atoms with Crippen LogP contribution in [0, 0.1) is 12.8 Å². The molecule has 1 aliphatic heterocycles. The lowest BCUT2D eigenvalue weighted by Crippen LogP contribution is -2.55. The molecule has 1 fully saturated rings. The van der Waals surface area contributed by atoms with E-state index in [0.717, 1.165) is 13.1 Å². The first kappa shape index (κ1) is 24.0. The van der Waals surface area contributed by atoms with E-state index in [9.17, 15) is 9.59 Å². The second-order valence-electron chi connectivity index (χ2n) is 7.66. The number of hydrogen-bond acceptors (Lipinski definition) is 5. The van der Waals surface area contributed by atoms with Crippen molar-refractivity contribution in [3.8, 4) is 0 Å². The van der Waals surface area contributed by atoms with Gasteiger partial charge in [0.1, 0.15) is 0 Å². The van der Waals surface area contributed by atoms with E-state index in [1.54, 1.807) is 13.0 Å². The van der Waals surface area contributed by atoms with E-state index in [2.05, 4.69) is 15.5 Å². The number of carbonyl (C=O) groups is 2. The van der Waals surface area contributed by atoms with Crippen LogP contribution >= 0.6 is 23.2 Å². The summed E-state index contributed by atoms with van der Waals surface area (Å²) in [4.78, 5) is 27.1. The molecule has 2 rings (SSSR count). The van der Waals surface area contributed by atoms with Crippen LogP contribution in [0.4, 0.5) is 4.79 Å². The molecule has 1 aliphatic rings. The third kappa shape index (κ3) is 7.46. The van der Waals surface area contributed by atoms with E-state index >= 15 is 0 Å². The van der Waals surface area contributed by atoms with Crippen molar-refractivity contribution in [2.24, 2.45) is 5.92 Å². The average molecular weight is 444 g/mol. The number of carbonyl (C=O) groups excluding carboxylic acids is 2. The molecule has 1 aromatic carbocycles. The summed E-state index contributed by atoms with van der Waals surface area (Å²) in [6.45, 7) is 8.39. The average Bonchev–Trinajstić information content (AvgIpc) is 2.60. The van der Waals surface area contributed by atoms with Crippen LogP contribution in [0.3, 0.4) is 0 Å². The van der Waals surface area contributed by atoms with E-state index < -0.39 is 25.0 Å². The van der Waals surface area contributed by atoms with Crippen molar-refractivity contribution < 1.29 is 18.9 Å². The Balaban J connectivity index is 2.04. The van der Waals surface area contributed by atoms with E-state index in [1.807, 2.05) is 20.9 Å². The van der Waals surface area contributed by atoms with Gasteiger partial charge in [-0.15, -0.1) is 0 Å². The summed E-state index contributed by atoms with van der Waals surface area (Å²) in [6, 6.07) is 2.45. The van der Waals surface area contributed by atoms with Crippen molar-refractivity contribution in [2.75, 3.05) is 33.4 Å². The van der Waals surface area contributed by atoms with Gasteiger partial charge < -0.3 is 19.5 Å². The molecule has 1 atom stereocenters. The van der Waals surface area contributed by atoms with E-state index in [1.165, 1.54) is 6.07 Å². The number of nitrogens with one attached hydrogen (secondary N) is 2. The Morgan fingerprint density at radius 1 is 1.21 bits per heavy atom. The van der Waals surface area contributed by atoms with Gasteiger partial charge in [0.15, 0.2) is 0 Å². The predicted molar refractivity (Wildman–Crippen MR) is 116 cm³/mol. The third-order valence-electron chi connectivity index (χ3n) is 4.57. The zero-order valence-electron chi connectivity index (χ0n) is 17.3. The Morgan fingerprint density at radius 2 is 1.83 bits per heavy atom. The van der Waals surface area contributed by atoms with Crippen LogP contribution in [0.1, 0.15) is 36.2 Å². The molecular formula is C19H28BCl2N3O4. The Bertz CT molecular complexity index is 726. The summed E-state index contributed by atoms with van der Waals surface area (Å²) in [5.41, 5.74) is 0.803. The first-order chi connectivity index (χ1) is 13.7. The summed E-state index contributed by atoms with van der Waals surface area (Å²) in [7, 11) is 1.42. The Hall–Kier alpha value is -1.32. The molecule has 1 aromatic rings. The molecule has 0 aliphatic carbocycles. The van der Waals surface area contributed by atoms with Gasteiger partial charge in [-0.2, -0.15) is 0 Å². The molecule has 1 heterocycles. The van der Waals surface area contributed by atoms with Gasteiger partial charge in [-0.3, -0.25) is 10.1 Å². The van der Waals surface area contributed by atoms with Gasteiger partial charge in [0.05, 0.1) is 16.5 Å². The molecule has 1 saturated heterocycles. The molecule has 0 unspecified atom stereocenters. The van der Waals surface area contributed by atoms with Crippen molar-refractivity contribution in [1.29, 1.82) is 0 Å². The lowest BCUT2D eigenvalue weighted by Gasteiger charge is -2.29. The molecule has 0 bridgehead atoms. The fraction of sp³-hybridized carbons (Fsp3) is 0.579. The van der Waals surface area contributed by atoms with Crippen molar-refractivity contribution in [3.05, 3.63) is 33.3 Å². The highest BCUT2D eigenvalue weighted by molar-refractivity contribution is 6.47. The van der Waals surface area contributed by atoms with Crippen LogP contribution in [0.15, 0.2) is 12.1 Å². The molecule has 160 valence electrons. The second kappa shape index (κ2) is 11.2. The van der Waals surface area contributed by atoms with Crippen molar-refractivity contribution >= 4 is 42.3 Å². The fourth-order valence-corrected chi connectivity index (χ4v) is 3.52. The number of halogens is 2. The molecule has 0 saturated carbocycles. The number of amides is 3. The van der Waals surface area contributed by atoms with Gasteiger partial charge in [0, 0.05) is 31.3 Å². The van der Waals surface area contributed by atoms with Crippen molar-refractivity contribution in [3.63, 3.8) is 0 Å². The molecule has 3 amide bonds. The van der Waals surface area contributed by atoms with Crippen LogP contribution in [-0.4, -0.2) is 63.2 Å². The van der Waals surface area contributed by atoms with Crippen molar-refractivity contribution in [2.45, 2.75) is 33.1 Å². The molecule has 2 N–H and O–H groups in total. The van der Waals surface area contributed by atoms with E-state index in [-0.39, 0.29) is 10.6 Å². The summed E-state index contributed by atoms with van der Waals surface area (Å²) in [6.07, 6.45) is 0.638. The largest absolute Gasteiger partial charge is 0.481 e. The minimum atomic E-state index is -0.638. The maximum atomic E-state index is 12.5. The Labute approximate surface area is 182 Å². The highest BCUT2D eigenvalue weighted by Gasteiger charge is 2.34. The lowest BCUT2D eigenvalue weighted by atomic mass is 9.73. The minimum Gasteiger partial charge on any atom is -0.408 e. The van der Waals surface area contributed by atoms with Gasteiger partial charge in [-0.05, 0) is 44.0 Å². The summed E-state index contributed by atoms with van der Waals surface area (Å²) >= 11 is 12.2. The number of aryl methyl sites for hydroxylation is 1. The maximum absolute atomic E-state index is 12.5. The van der Waals surface area contributed by atoms with Crippen LogP contribution in [0.5, 0.6) is 0 Å². The Morgan fingerprint density at radius 3 is 2.41 bits per heavy atom. The second-order valence-corrected chi connectivity index (χ2v) is 8.48. The molecule has 10 heteroatoms. The van der Waals surface area contributed by atoms with Crippen LogP contribution in [-0.2, 0) is 9.31 Å². The van der Waals surface area contributed by atoms with Crippen molar-refractivity contribution in [1.82, 2.24) is 15.5 Å². The highest BCUT2D eigenvalue weighted by Crippen LogP contribution is 2.25. The number of likely N-dealkylation sites (N-methyl/N-ethyl adjacent to an activating group) is 1. The number of imide groups is 1. The number of nitrogens with zero attached hydrogens (tertiary/aromatic N) is 1. The monoisotopic (exact) mass is 443 g/mol. The molecule has 0 aromatic heterocycles. The number of urea groups is 1. The topological polar surface area (TPSA) is 79.9 Å². The quantitative estimate of drug-likeness (QED) is 0.683. The zero-order chi connectivity index (χ0) is 21.6. The van der Waals surface area contributed by atoms with E-state index in [0.29, 0.717) is 36.1 Å². The van der Waals surface area contributed by atoms with E-state index in [4.69, 9.17) is 32.5 Å². The normalized spacial score (nSPS) is 16.9. The summed E-state index contributed by atoms with van der Waals surface area (Å²) in [5.74, 6) is -0.730. The predicted octanol–water partition coefficient (Wildman–Crippen LogP) is 3.16. The Kier molecular flexibility index (Phi) is 9.24. The third-order valence-corrected chi connectivity index (χ3v) is 5.29. The van der Waals surface area contributed by atoms with Crippen LogP contribution in [0.2, 0.25) is 10.0 Å². The van der Waals surface area contributed by atoms with Crippen LogP contribution < -0.4 is 10.6 Å². The minimum absolute atomic E-state index is 0.147. The fourth-order valence-electron chi connectivity index (χ4n) is 3.05. The number of rotatable bonds is 5. The van der Waals surface area contributed by atoms with Gasteiger partial charge in [0.2, 0.25) is 0 Å². The van der Waals surface area contributed by atoms with Gasteiger partial charge in [-0.1, -0.05) is 37.0 Å². The first-order valence-electron chi connectivity index (χ1n) is 9.66. The van der Waals surface area contributed by atoms with Gasteiger partial charge in [0.25, 0.3) is 5.91 Å². The van der Waals surface area contributed by atoms with Gasteiger partial charge >= 0.3 is 13.1 Å². The smallest absolute Gasteiger partial charge is 0.408 e. The standard InChI is InChI=1S/C19H28BCl2N3O4/c1-12(2)9-16(20-28-7-5-25(4)6-8-29-20)23-19(27)24-18(26)15-11-14(21)10-13(3)17(15)22/h10-12,16H,5-9H2,1-4H3,(H2,23,24,26,27)/t16-/m0/s1.